The second kappa shape index (κ2) is 3.88. The standard InChI is InChI=1S/C9H9F3O2/c1-6-4-8(14-9(10,11)12)3-2-7(6)5-13/h2-4,13H,5H2,1H3. The highest BCUT2D eigenvalue weighted by molar-refractivity contribution is 5.34. The van der Waals surface area contributed by atoms with Gasteiger partial charge in [-0.25, -0.2) is 0 Å². The minimum absolute atomic E-state index is 0.196. The number of aliphatic hydroxyl groups excluding tert-OH is 1. The van der Waals surface area contributed by atoms with E-state index in [4.69, 9.17) is 5.11 Å². The van der Waals surface area contributed by atoms with E-state index in [1.807, 2.05) is 0 Å². The van der Waals surface area contributed by atoms with Crippen molar-refractivity contribution in [3.8, 4) is 5.75 Å². The zero-order chi connectivity index (χ0) is 10.8. The van der Waals surface area contributed by atoms with Gasteiger partial charge >= 0.3 is 6.36 Å². The highest BCUT2D eigenvalue weighted by Crippen LogP contribution is 2.24. The zero-order valence-corrected chi connectivity index (χ0v) is 7.43. The minimum atomic E-state index is -4.67. The number of alkyl halides is 3. The van der Waals surface area contributed by atoms with Crippen LogP contribution >= 0.6 is 0 Å². The quantitative estimate of drug-likeness (QED) is 0.804. The Balaban J connectivity index is 2.87. The lowest BCUT2D eigenvalue weighted by Gasteiger charge is -2.10. The molecule has 0 aliphatic rings. The fraction of sp³-hybridized carbons (Fsp3) is 0.333. The lowest BCUT2D eigenvalue weighted by molar-refractivity contribution is -0.274. The molecule has 0 amide bonds. The summed E-state index contributed by atoms with van der Waals surface area (Å²) in [6.45, 7) is 1.41. The maximum absolute atomic E-state index is 11.8. The number of rotatable bonds is 2. The Morgan fingerprint density at radius 2 is 2.00 bits per heavy atom. The monoisotopic (exact) mass is 206 g/mol. The van der Waals surface area contributed by atoms with Gasteiger partial charge in [-0.15, -0.1) is 13.2 Å². The average molecular weight is 206 g/mol. The summed E-state index contributed by atoms with van der Waals surface area (Å²) in [6.07, 6.45) is -4.67. The van der Waals surface area contributed by atoms with Gasteiger partial charge < -0.3 is 9.84 Å². The Hall–Kier alpha value is -1.23. The number of benzene rings is 1. The fourth-order valence-corrected chi connectivity index (χ4v) is 1.04. The van der Waals surface area contributed by atoms with Crippen LogP contribution in [-0.4, -0.2) is 11.5 Å². The van der Waals surface area contributed by atoms with Gasteiger partial charge in [0.1, 0.15) is 5.75 Å². The molecule has 0 saturated carbocycles. The smallest absolute Gasteiger partial charge is 0.406 e. The molecule has 0 heterocycles. The van der Waals surface area contributed by atoms with Gasteiger partial charge in [0, 0.05) is 0 Å². The summed E-state index contributed by atoms with van der Waals surface area (Å²) in [4.78, 5) is 0. The molecule has 78 valence electrons. The molecule has 14 heavy (non-hydrogen) atoms. The summed E-state index contributed by atoms with van der Waals surface area (Å²) in [5.41, 5.74) is 1.15. The van der Waals surface area contributed by atoms with Crippen LogP contribution in [0.2, 0.25) is 0 Å². The van der Waals surface area contributed by atoms with Crippen LogP contribution in [0, 0.1) is 6.92 Å². The topological polar surface area (TPSA) is 29.5 Å². The van der Waals surface area contributed by atoms with Gasteiger partial charge in [-0.3, -0.25) is 0 Å². The number of ether oxygens (including phenoxy) is 1. The molecule has 0 atom stereocenters. The number of hydrogen-bond acceptors (Lipinski definition) is 2. The van der Waals surface area contributed by atoms with Crippen molar-refractivity contribution in [3.05, 3.63) is 29.3 Å². The Labute approximate surface area is 78.9 Å². The zero-order valence-electron chi connectivity index (χ0n) is 7.43. The fourth-order valence-electron chi connectivity index (χ4n) is 1.04. The van der Waals surface area contributed by atoms with Crippen molar-refractivity contribution in [2.45, 2.75) is 19.9 Å². The SMILES string of the molecule is Cc1cc(OC(F)(F)F)ccc1CO. The molecule has 0 unspecified atom stereocenters. The van der Waals surface area contributed by atoms with E-state index < -0.39 is 6.36 Å². The molecule has 0 fully saturated rings. The average Bonchev–Trinajstić information content (AvgIpc) is 2.01. The van der Waals surface area contributed by atoms with E-state index in [0.29, 0.717) is 11.1 Å². The van der Waals surface area contributed by atoms with Gasteiger partial charge in [0.05, 0.1) is 6.61 Å². The largest absolute Gasteiger partial charge is 0.573 e. The second-order valence-electron chi connectivity index (χ2n) is 2.79. The van der Waals surface area contributed by atoms with E-state index in [1.165, 1.54) is 18.2 Å². The van der Waals surface area contributed by atoms with Crippen LogP contribution in [0.1, 0.15) is 11.1 Å². The third kappa shape index (κ3) is 2.92. The number of aliphatic hydroxyl groups is 1. The van der Waals surface area contributed by atoms with E-state index in [9.17, 15) is 13.2 Å². The van der Waals surface area contributed by atoms with Gasteiger partial charge in [0.2, 0.25) is 0 Å². The summed E-state index contributed by atoms with van der Waals surface area (Å²) < 4.78 is 39.1. The van der Waals surface area contributed by atoms with E-state index >= 15 is 0 Å². The lowest BCUT2D eigenvalue weighted by Crippen LogP contribution is -2.17. The number of hydrogen-bond donors (Lipinski definition) is 1. The molecular formula is C9H9F3O2. The first kappa shape index (κ1) is 10.8. The molecule has 0 aromatic heterocycles. The molecule has 1 aromatic rings. The predicted octanol–water partition coefficient (Wildman–Crippen LogP) is 2.39. The van der Waals surface area contributed by atoms with Crippen LogP contribution < -0.4 is 4.74 Å². The van der Waals surface area contributed by atoms with Crippen LogP contribution in [0.5, 0.6) is 5.75 Å². The summed E-state index contributed by atoms with van der Waals surface area (Å²) in [5.74, 6) is -0.271. The first-order valence-corrected chi connectivity index (χ1v) is 3.88. The van der Waals surface area contributed by atoms with Crippen LogP contribution in [0.15, 0.2) is 18.2 Å². The molecule has 5 heteroatoms. The molecule has 2 nitrogen and oxygen atoms in total. The highest BCUT2D eigenvalue weighted by atomic mass is 19.4. The van der Waals surface area contributed by atoms with Gasteiger partial charge in [-0.2, -0.15) is 0 Å². The molecule has 0 bridgehead atoms. The van der Waals surface area contributed by atoms with Crippen LogP contribution in [0.3, 0.4) is 0 Å². The van der Waals surface area contributed by atoms with Gasteiger partial charge in [0.25, 0.3) is 0 Å². The van der Waals surface area contributed by atoms with Crippen molar-refractivity contribution in [2.75, 3.05) is 0 Å². The van der Waals surface area contributed by atoms with Gasteiger partial charge in [-0.05, 0) is 30.2 Å². The van der Waals surface area contributed by atoms with Crippen molar-refractivity contribution in [3.63, 3.8) is 0 Å². The Morgan fingerprint density at radius 3 is 2.43 bits per heavy atom. The van der Waals surface area contributed by atoms with Crippen molar-refractivity contribution in [1.29, 1.82) is 0 Å². The molecule has 0 saturated heterocycles. The van der Waals surface area contributed by atoms with E-state index in [0.717, 1.165) is 0 Å². The third-order valence-electron chi connectivity index (χ3n) is 1.72. The summed E-state index contributed by atoms with van der Waals surface area (Å²) >= 11 is 0. The van der Waals surface area contributed by atoms with E-state index in [-0.39, 0.29) is 12.4 Å². The van der Waals surface area contributed by atoms with Crippen LogP contribution in [0.4, 0.5) is 13.2 Å². The minimum Gasteiger partial charge on any atom is -0.406 e. The molecular weight excluding hydrogens is 197 g/mol. The Bertz CT molecular complexity index is 320. The first-order valence-electron chi connectivity index (χ1n) is 3.88. The van der Waals surface area contributed by atoms with E-state index in [1.54, 1.807) is 6.92 Å². The molecule has 0 spiro atoms. The Morgan fingerprint density at radius 1 is 1.36 bits per heavy atom. The predicted molar refractivity (Wildman–Crippen MR) is 43.8 cm³/mol. The van der Waals surface area contributed by atoms with Gasteiger partial charge in [-0.1, -0.05) is 6.07 Å². The second-order valence-corrected chi connectivity index (χ2v) is 2.79. The maximum Gasteiger partial charge on any atom is 0.573 e. The molecule has 1 rings (SSSR count). The van der Waals surface area contributed by atoms with Crippen LogP contribution in [0.25, 0.3) is 0 Å². The summed E-state index contributed by atoms with van der Waals surface area (Å²) in [6, 6.07) is 3.81. The van der Waals surface area contributed by atoms with Crippen molar-refractivity contribution in [1.82, 2.24) is 0 Å². The van der Waals surface area contributed by atoms with E-state index in [2.05, 4.69) is 4.74 Å². The molecule has 1 N–H and O–H groups in total. The molecule has 1 aromatic carbocycles. The van der Waals surface area contributed by atoms with Crippen molar-refractivity contribution >= 4 is 0 Å². The van der Waals surface area contributed by atoms with Crippen molar-refractivity contribution in [2.24, 2.45) is 0 Å². The summed E-state index contributed by atoms with van der Waals surface area (Å²) in [5, 5.41) is 8.78. The van der Waals surface area contributed by atoms with Crippen molar-refractivity contribution < 1.29 is 23.0 Å². The number of aryl methyl sites for hydroxylation is 1. The molecule has 0 aliphatic heterocycles. The highest BCUT2D eigenvalue weighted by Gasteiger charge is 2.31. The maximum atomic E-state index is 11.8. The number of halogens is 3. The molecule has 0 radical (unpaired) electrons. The normalized spacial score (nSPS) is 11.5. The summed E-state index contributed by atoms with van der Waals surface area (Å²) in [7, 11) is 0. The first-order chi connectivity index (χ1) is 6.42. The Kier molecular flexibility index (Phi) is 3.00. The third-order valence-corrected chi connectivity index (χ3v) is 1.72. The van der Waals surface area contributed by atoms with Crippen LogP contribution in [-0.2, 0) is 6.61 Å². The molecule has 0 aliphatic carbocycles. The lowest BCUT2D eigenvalue weighted by atomic mass is 10.1. The van der Waals surface area contributed by atoms with Gasteiger partial charge in [0.15, 0.2) is 0 Å².